The van der Waals surface area contributed by atoms with Crippen LogP contribution in [0.1, 0.15) is 25.3 Å². The average Bonchev–Trinajstić information content (AvgIpc) is 3.06. The summed E-state index contributed by atoms with van der Waals surface area (Å²) < 4.78 is 2.12. The Kier molecular flexibility index (Phi) is 2.88. The van der Waals surface area contributed by atoms with Crippen LogP contribution in [0.5, 0.6) is 0 Å². The van der Waals surface area contributed by atoms with E-state index >= 15 is 0 Å². The Morgan fingerprint density at radius 3 is 2.60 bits per heavy atom. The van der Waals surface area contributed by atoms with Gasteiger partial charge in [-0.2, -0.15) is 0 Å². The van der Waals surface area contributed by atoms with E-state index < -0.39 is 0 Å². The number of nitrogens with two attached hydrogens (primary N) is 1. The number of nitrogens with zero attached hydrogens (tertiary/aromatic N) is 3. The number of nitrogen functional groups attached to an aromatic ring is 1. The number of hydrogen-bond acceptors (Lipinski definition) is 3. The number of fused-ring (bicyclic) bond motifs is 1. The van der Waals surface area contributed by atoms with Crippen molar-refractivity contribution in [3.63, 3.8) is 0 Å². The van der Waals surface area contributed by atoms with E-state index in [4.69, 9.17) is 28.9 Å². The average molecular weight is 311 g/mol. The highest BCUT2D eigenvalue weighted by Gasteiger charge is 2.35. The van der Waals surface area contributed by atoms with Gasteiger partial charge in [-0.1, -0.05) is 23.2 Å². The maximum atomic E-state index is 6.14. The first-order valence-corrected chi connectivity index (χ1v) is 7.75. The van der Waals surface area contributed by atoms with Crippen LogP contribution in [0, 0.1) is 0 Å². The summed E-state index contributed by atoms with van der Waals surface area (Å²) in [7, 11) is 0. The summed E-state index contributed by atoms with van der Waals surface area (Å²) in [5.41, 5.74) is 7.92. The van der Waals surface area contributed by atoms with Gasteiger partial charge in [-0.25, -0.2) is 4.98 Å². The van der Waals surface area contributed by atoms with E-state index in [1.54, 1.807) is 6.07 Å². The third-order valence-electron chi connectivity index (χ3n) is 4.38. The number of hydrogen-bond donors (Lipinski definition) is 1. The molecule has 2 aromatic rings. The first-order chi connectivity index (χ1) is 9.63. The highest BCUT2D eigenvalue weighted by Crippen LogP contribution is 2.37. The monoisotopic (exact) mass is 310 g/mol. The van der Waals surface area contributed by atoms with Crippen molar-refractivity contribution in [2.75, 3.05) is 18.8 Å². The van der Waals surface area contributed by atoms with Crippen molar-refractivity contribution in [1.29, 1.82) is 0 Å². The van der Waals surface area contributed by atoms with Gasteiger partial charge in [0.25, 0.3) is 0 Å². The van der Waals surface area contributed by atoms with E-state index in [1.807, 2.05) is 6.07 Å². The lowest BCUT2D eigenvalue weighted by Gasteiger charge is -2.17. The molecular formula is C14H16Cl2N4. The maximum Gasteiger partial charge on any atom is 0.201 e. The summed E-state index contributed by atoms with van der Waals surface area (Å²) in [6.07, 6.45) is 3.80. The second kappa shape index (κ2) is 4.52. The smallest absolute Gasteiger partial charge is 0.201 e. The Morgan fingerprint density at radius 1 is 1.10 bits per heavy atom. The number of anilines is 1. The highest BCUT2D eigenvalue weighted by atomic mass is 35.5. The minimum Gasteiger partial charge on any atom is -0.369 e. The number of rotatable bonds is 2. The van der Waals surface area contributed by atoms with Crippen molar-refractivity contribution in [2.24, 2.45) is 0 Å². The number of likely N-dealkylation sites (tertiary alicyclic amines) is 1. The van der Waals surface area contributed by atoms with Gasteiger partial charge in [0.2, 0.25) is 5.95 Å². The fourth-order valence-electron chi connectivity index (χ4n) is 3.24. The molecule has 20 heavy (non-hydrogen) atoms. The molecule has 1 aromatic heterocycles. The molecule has 1 saturated heterocycles. The number of imidazole rings is 1. The number of halogens is 2. The predicted octanol–water partition coefficient (Wildman–Crippen LogP) is 3.33. The van der Waals surface area contributed by atoms with Crippen molar-refractivity contribution in [1.82, 2.24) is 14.5 Å². The fourth-order valence-corrected chi connectivity index (χ4v) is 3.56. The van der Waals surface area contributed by atoms with Gasteiger partial charge in [0.1, 0.15) is 0 Å². The van der Waals surface area contributed by atoms with E-state index in [1.165, 1.54) is 12.8 Å². The van der Waals surface area contributed by atoms with Crippen molar-refractivity contribution in [3.8, 4) is 0 Å². The molecule has 1 atom stereocenters. The van der Waals surface area contributed by atoms with E-state index in [0.29, 0.717) is 22.0 Å². The van der Waals surface area contributed by atoms with Crippen LogP contribution < -0.4 is 5.73 Å². The topological polar surface area (TPSA) is 47.1 Å². The molecule has 4 rings (SSSR count). The SMILES string of the molecule is Nc1nc2cc(Cl)c(Cl)cc2n1C1CCN(C2CC2)C1. The quantitative estimate of drug-likeness (QED) is 0.925. The Balaban J connectivity index is 1.75. The summed E-state index contributed by atoms with van der Waals surface area (Å²) in [6, 6.07) is 4.86. The molecule has 1 unspecified atom stereocenters. The van der Waals surface area contributed by atoms with Crippen LogP contribution in [0.4, 0.5) is 5.95 Å². The first-order valence-electron chi connectivity index (χ1n) is 7.00. The molecule has 1 aromatic carbocycles. The maximum absolute atomic E-state index is 6.14. The minimum atomic E-state index is 0.387. The van der Waals surface area contributed by atoms with E-state index in [0.717, 1.165) is 36.6 Å². The van der Waals surface area contributed by atoms with Crippen LogP contribution in [-0.4, -0.2) is 33.6 Å². The van der Waals surface area contributed by atoms with Gasteiger partial charge in [-0.05, 0) is 31.4 Å². The van der Waals surface area contributed by atoms with Crippen molar-refractivity contribution >= 4 is 40.2 Å². The fraction of sp³-hybridized carbons (Fsp3) is 0.500. The van der Waals surface area contributed by atoms with Gasteiger partial charge in [0, 0.05) is 19.1 Å². The second-order valence-corrected chi connectivity index (χ2v) is 6.58. The molecule has 2 N–H and O–H groups in total. The van der Waals surface area contributed by atoms with Gasteiger partial charge in [0.05, 0.1) is 27.1 Å². The Morgan fingerprint density at radius 2 is 1.85 bits per heavy atom. The predicted molar refractivity (Wildman–Crippen MR) is 82.4 cm³/mol. The zero-order valence-electron chi connectivity index (χ0n) is 11.0. The van der Waals surface area contributed by atoms with Crippen LogP contribution in [-0.2, 0) is 0 Å². The van der Waals surface area contributed by atoms with Gasteiger partial charge in [0.15, 0.2) is 0 Å². The summed E-state index contributed by atoms with van der Waals surface area (Å²) in [5, 5.41) is 1.08. The van der Waals surface area contributed by atoms with Gasteiger partial charge >= 0.3 is 0 Å². The minimum absolute atomic E-state index is 0.387. The lowest BCUT2D eigenvalue weighted by atomic mass is 10.2. The standard InChI is InChI=1S/C14H16Cl2N4/c15-10-5-12-13(6-11(10)16)20(14(17)18-12)9-3-4-19(7-9)8-1-2-8/h5-6,8-9H,1-4,7H2,(H2,17,18). The normalized spacial score (nSPS) is 23.8. The van der Waals surface area contributed by atoms with Crippen LogP contribution in [0.15, 0.2) is 12.1 Å². The van der Waals surface area contributed by atoms with Gasteiger partial charge < -0.3 is 10.3 Å². The summed E-state index contributed by atoms with van der Waals surface area (Å²) in [4.78, 5) is 6.99. The lowest BCUT2D eigenvalue weighted by Crippen LogP contribution is -2.24. The van der Waals surface area contributed by atoms with Crippen LogP contribution >= 0.6 is 23.2 Å². The molecule has 0 amide bonds. The van der Waals surface area contributed by atoms with Crippen LogP contribution in [0.25, 0.3) is 11.0 Å². The summed E-state index contributed by atoms with van der Waals surface area (Å²) >= 11 is 12.2. The van der Waals surface area contributed by atoms with Gasteiger partial charge in [-0.3, -0.25) is 4.90 Å². The Hall–Kier alpha value is -0.970. The van der Waals surface area contributed by atoms with Crippen LogP contribution in [0.3, 0.4) is 0 Å². The zero-order valence-corrected chi connectivity index (χ0v) is 12.5. The molecule has 0 spiro atoms. The number of aromatic nitrogens is 2. The molecule has 1 saturated carbocycles. The molecule has 2 heterocycles. The second-order valence-electron chi connectivity index (χ2n) is 5.76. The van der Waals surface area contributed by atoms with Crippen molar-refractivity contribution in [3.05, 3.63) is 22.2 Å². The zero-order chi connectivity index (χ0) is 13.9. The Bertz CT molecular complexity index is 677. The van der Waals surface area contributed by atoms with Crippen molar-refractivity contribution in [2.45, 2.75) is 31.3 Å². The molecule has 4 nitrogen and oxygen atoms in total. The molecule has 0 radical (unpaired) electrons. The Labute approximate surface area is 127 Å². The molecule has 2 fully saturated rings. The molecule has 0 bridgehead atoms. The molecule has 1 aliphatic heterocycles. The highest BCUT2D eigenvalue weighted by molar-refractivity contribution is 6.42. The largest absolute Gasteiger partial charge is 0.369 e. The van der Waals surface area contributed by atoms with Gasteiger partial charge in [-0.15, -0.1) is 0 Å². The summed E-state index contributed by atoms with van der Waals surface area (Å²) in [6.45, 7) is 2.20. The van der Waals surface area contributed by atoms with Crippen LogP contribution in [0.2, 0.25) is 10.0 Å². The van der Waals surface area contributed by atoms with E-state index in [-0.39, 0.29) is 0 Å². The lowest BCUT2D eigenvalue weighted by molar-refractivity contribution is 0.315. The third-order valence-corrected chi connectivity index (χ3v) is 5.10. The molecule has 2 aliphatic rings. The molecule has 106 valence electrons. The molecule has 1 aliphatic carbocycles. The molecular weight excluding hydrogens is 295 g/mol. The third kappa shape index (κ3) is 1.98. The van der Waals surface area contributed by atoms with E-state index in [9.17, 15) is 0 Å². The van der Waals surface area contributed by atoms with Crippen molar-refractivity contribution < 1.29 is 0 Å². The number of benzene rings is 1. The first kappa shape index (κ1) is 12.7. The summed E-state index contributed by atoms with van der Waals surface area (Å²) in [5.74, 6) is 0.556. The molecule has 6 heteroatoms. The van der Waals surface area contributed by atoms with E-state index in [2.05, 4.69) is 14.5 Å².